The largest absolute Gasteiger partial charge is 0.342 e. The highest BCUT2D eigenvalue weighted by Gasteiger charge is 2.27. The van der Waals surface area contributed by atoms with E-state index >= 15 is 0 Å². The molecule has 0 aliphatic carbocycles. The van der Waals surface area contributed by atoms with E-state index in [-0.39, 0.29) is 5.91 Å². The van der Waals surface area contributed by atoms with Crippen LogP contribution in [0.5, 0.6) is 0 Å². The molecule has 0 radical (unpaired) electrons. The van der Waals surface area contributed by atoms with Crippen LogP contribution >= 0.6 is 0 Å². The summed E-state index contributed by atoms with van der Waals surface area (Å²) >= 11 is 0. The van der Waals surface area contributed by atoms with Crippen LogP contribution in [0.3, 0.4) is 0 Å². The van der Waals surface area contributed by atoms with Gasteiger partial charge in [-0.2, -0.15) is 0 Å². The van der Waals surface area contributed by atoms with Gasteiger partial charge in [0.2, 0.25) is 5.91 Å². The first-order valence-electron chi connectivity index (χ1n) is 10.2. The topological polar surface area (TPSA) is 54.3 Å². The van der Waals surface area contributed by atoms with Crippen molar-refractivity contribution in [2.75, 3.05) is 26.2 Å². The first-order chi connectivity index (χ1) is 13.2. The fourth-order valence-electron chi connectivity index (χ4n) is 4.39. The summed E-state index contributed by atoms with van der Waals surface area (Å²) in [7, 11) is 0. The van der Waals surface area contributed by atoms with Crippen LogP contribution in [0.4, 0.5) is 0 Å². The third-order valence-corrected chi connectivity index (χ3v) is 6.02. The zero-order valence-corrected chi connectivity index (χ0v) is 16.2. The summed E-state index contributed by atoms with van der Waals surface area (Å²) in [6.45, 7) is 6.20. The molecule has 1 atom stereocenters. The van der Waals surface area contributed by atoms with E-state index < -0.39 is 0 Å². The molecule has 1 amide bonds. The number of benzene rings is 1. The second-order valence-corrected chi connectivity index (χ2v) is 7.75. The molecule has 0 bridgehead atoms. The van der Waals surface area contributed by atoms with Gasteiger partial charge in [-0.15, -0.1) is 5.10 Å². The van der Waals surface area contributed by atoms with Gasteiger partial charge in [0.25, 0.3) is 0 Å². The lowest BCUT2D eigenvalue weighted by atomic mass is 10.1. The van der Waals surface area contributed by atoms with Gasteiger partial charge in [0, 0.05) is 19.1 Å². The molecule has 6 heteroatoms. The Balaban J connectivity index is 1.38. The molecule has 2 saturated heterocycles. The second-order valence-electron chi connectivity index (χ2n) is 7.75. The lowest BCUT2D eigenvalue weighted by Gasteiger charge is -2.26. The average molecular weight is 367 g/mol. The first kappa shape index (κ1) is 18.2. The monoisotopic (exact) mass is 367 g/mol. The van der Waals surface area contributed by atoms with Gasteiger partial charge in [-0.3, -0.25) is 4.79 Å². The number of rotatable bonds is 4. The number of amides is 1. The maximum absolute atomic E-state index is 12.9. The first-order valence-corrected chi connectivity index (χ1v) is 10.2. The average Bonchev–Trinajstić information content (AvgIpc) is 3.27. The number of hydrogen-bond acceptors (Lipinski definition) is 4. The number of carbonyl (C=O) groups excluding carboxylic acids is 1. The molecule has 1 unspecified atom stereocenters. The maximum Gasteiger partial charge on any atom is 0.228 e. The maximum atomic E-state index is 12.9. The molecule has 0 N–H and O–H groups in total. The summed E-state index contributed by atoms with van der Waals surface area (Å²) < 4.78 is 1.81. The van der Waals surface area contributed by atoms with E-state index in [0.717, 1.165) is 43.0 Å². The van der Waals surface area contributed by atoms with Crippen molar-refractivity contribution in [3.63, 3.8) is 0 Å². The minimum atomic E-state index is 0.181. The summed E-state index contributed by atoms with van der Waals surface area (Å²) in [4.78, 5) is 17.5. The van der Waals surface area contributed by atoms with Gasteiger partial charge in [-0.05, 0) is 64.3 Å². The molecule has 4 rings (SSSR count). The molecule has 2 aliphatic rings. The van der Waals surface area contributed by atoms with E-state index in [1.54, 1.807) is 0 Å². The summed E-state index contributed by atoms with van der Waals surface area (Å²) in [6.07, 6.45) is 6.41. The van der Waals surface area contributed by atoms with Gasteiger partial charge < -0.3 is 9.80 Å². The quantitative estimate of drug-likeness (QED) is 0.834. The summed E-state index contributed by atoms with van der Waals surface area (Å²) in [5.74, 6) is 0.181. The van der Waals surface area contributed by atoms with Crippen molar-refractivity contribution in [2.45, 2.75) is 51.5 Å². The number of carbonyl (C=O) groups is 1. The molecule has 27 heavy (non-hydrogen) atoms. The van der Waals surface area contributed by atoms with Crippen molar-refractivity contribution in [2.24, 2.45) is 0 Å². The Hall–Kier alpha value is -2.21. The fraction of sp³-hybridized carbons (Fsp3) is 0.571. The summed E-state index contributed by atoms with van der Waals surface area (Å²) in [5, 5.41) is 8.54. The predicted molar refractivity (Wildman–Crippen MR) is 105 cm³/mol. The van der Waals surface area contributed by atoms with Gasteiger partial charge in [0.1, 0.15) is 0 Å². The number of para-hydroxylation sites is 1. The number of aromatic nitrogens is 3. The van der Waals surface area contributed by atoms with E-state index in [0.29, 0.717) is 12.5 Å². The predicted octanol–water partition coefficient (Wildman–Crippen LogP) is 2.60. The van der Waals surface area contributed by atoms with Crippen LogP contribution in [0.15, 0.2) is 30.3 Å². The van der Waals surface area contributed by atoms with E-state index in [9.17, 15) is 4.79 Å². The molecule has 2 aromatic rings. The van der Waals surface area contributed by atoms with Gasteiger partial charge in [-0.25, -0.2) is 4.68 Å². The third-order valence-electron chi connectivity index (χ3n) is 6.02. The van der Waals surface area contributed by atoms with Crippen molar-refractivity contribution < 1.29 is 4.79 Å². The molecular weight excluding hydrogens is 338 g/mol. The third kappa shape index (κ3) is 4.05. The zero-order chi connectivity index (χ0) is 18.6. The molecular formula is C21H29N5O. The SMILES string of the molecule is Cc1c(CC(=O)N2CCCC(N3CCCC3)CC2)nnn1-c1ccccc1. The lowest BCUT2D eigenvalue weighted by molar-refractivity contribution is -0.130. The van der Waals surface area contributed by atoms with Crippen molar-refractivity contribution in [1.82, 2.24) is 24.8 Å². The Kier molecular flexibility index (Phi) is 5.53. The molecule has 1 aromatic carbocycles. The summed E-state index contributed by atoms with van der Waals surface area (Å²) in [6, 6.07) is 10.6. The minimum Gasteiger partial charge on any atom is -0.342 e. The van der Waals surface area contributed by atoms with Crippen molar-refractivity contribution in [1.29, 1.82) is 0 Å². The minimum absolute atomic E-state index is 0.181. The highest BCUT2D eigenvalue weighted by atomic mass is 16.2. The van der Waals surface area contributed by atoms with Crippen LogP contribution in [0.25, 0.3) is 5.69 Å². The zero-order valence-electron chi connectivity index (χ0n) is 16.2. The van der Waals surface area contributed by atoms with Crippen LogP contribution in [-0.4, -0.2) is 62.9 Å². The Labute approximate surface area is 161 Å². The van der Waals surface area contributed by atoms with E-state index in [1.807, 2.05) is 46.8 Å². The summed E-state index contributed by atoms with van der Waals surface area (Å²) in [5.41, 5.74) is 2.70. The molecule has 3 heterocycles. The van der Waals surface area contributed by atoms with E-state index in [4.69, 9.17) is 0 Å². The Morgan fingerprint density at radius 2 is 1.81 bits per heavy atom. The smallest absolute Gasteiger partial charge is 0.228 e. The Morgan fingerprint density at radius 1 is 1.04 bits per heavy atom. The number of nitrogens with zero attached hydrogens (tertiary/aromatic N) is 5. The van der Waals surface area contributed by atoms with E-state index in [1.165, 1.54) is 32.4 Å². The van der Waals surface area contributed by atoms with E-state index in [2.05, 4.69) is 15.2 Å². The molecule has 6 nitrogen and oxygen atoms in total. The Bertz CT molecular complexity index is 766. The highest BCUT2D eigenvalue weighted by molar-refractivity contribution is 5.78. The molecule has 2 fully saturated rings. The molecule has 1 aromatic heterocycles. The van der Waals surface area contributed by atoms with Crippen LogP contribution in [-0.2, 0) is 11.2 Å². The number of likely N-dealkylation sites (tertiary alicyclic amines) is 2. The highest BCUT2D eigenvalue weighted by Crippen LogP contribution is 2.22. The van der Waals surface area contributed by atoms with Gasteiger partial charge >= 0.3 is 0 Å². The van der Waals surface area contributed by atoms with Crippen molar-refractivity contribution in [3.05, 3.63) is 41.7 Å². The van der Waals surface area contributed by atoms with Gasteiger partial charge in [0.05, 0.1) is 23.5 Å². The fourth-order valence-corrected chi connectivity index (χ4v) is 4.39. The van der Waals surface area contributed by atoms with Crippen LogP contribution < -0.4 is 0 Å². The van der Waals surface area contributed by atoms with Crippen molar-refractivity contribution >= 4 is 5.91 Å². The van der Waals surface area contributed by atoms with Crippen LogP contribution in [0, 0.1) is 6.92 Å². The van der Waals surface area contributed by atoms with Gasteiger partial charge in [-0.1, -0.05) is 23.4 Å². The number of hydrogen-bond donors (Lipinski definition) is 0. The standard InChI is InChI=1S/C21H29N5O/c1-17-20(22-23-26(17)19-8-3-2-4-9-19)16-21(27)25-14-7-10-18(11-15-25)24-12-5-6-13-24/h2-4,8-9,18H,5-7,10-16H2,1H3. The molecule has 144 valence electrons. The lowest BCUT2D eigenvalue weighted by Crippen LogP contribution is -2.36. The molecule has 2 aliphatic heterocycles. The molecule has 0 spiro atoms. The normalized spacial score (nSPS) is 21.4. The van der Waals surface area contributed by atoms with Gasteiger partial charge in [0.15, 0.2) is 0 Å². The molecule has 0 saturated carbocycles. The van der Waals surface area contributed by atoms with Crippen molar-refractivity contribution in [3.8, 4) is 5.69 Å². The van der Waals surface area contributed by atoms with Crippen LogP contribution in [0.1, 0.15) is 43.5 Å². The second kappa shape index (κ2) is 8.21. The van der Waals surface area contributed by atoms with Crippen LogP contribution in [0.2, 0.25) is 0 Å². The Morgan fingerprint density at radius 3 is 2.59 bits per heavy atom.